The van der Waals surface area contributed by atoms with Crippen molar-refractivity contribution in [1.29, 1.82) is 0 Å². The summed E-state index contributed by atoms with van der Waals surface area (Å²) in [6.45, 7) is 1.94. The molecular formula is C8H10N2O. The molecule has 0 saturated carbocycles. The number of nitrogens with zero attached hydrogens (tertiary/aromatic N) is 1. The molecule has 1 heterocycles. The van der Waals surface area contributed by atoms with Crippen molar-refractivity contribution in [3.8, 4) is 0 Å². The van der Waals surface area contributed by atoms with Crippen LogP contribution in [0, 0.1) is 6.92 Å². The van der Waals surface area contributed by atoms with Gasteiger partial charge in [-0.1, -0.05) is 6.07 Å². The van der Waals surface area contributed by atoms with Crippen LogP contribution in [0.25, 0.3) is 0 Å². The van der Waals surface area contributed by atoms with E-state index < -0.39 is 0 Å². The zero-order chi connectivity index (χ0) is 8.27. The SMILES string of the molecule is Cc1ccc(C(=O)CN)nc1. The maximum atomic E-state index is 10.9. The number of aromatic nitrogens is 1. The zero-order valence-electron chi connectivity index (χ0n) is 6.37. The molecule has 0 aliphatic rings. The quantitative estimate of drug-likeness (QED) is 0.626. The molecule has 58 valence electrons. The third-order valence-corrected chi connectivity index (χ3v) is 1.38. The number of hydrogen-bond donors (Lipinski definition) is 1. The van der Waals surface area contributed by atoms with Crippen molar-refractivity contribution in [3.63, 3.8) is 0 Å². The second-order valence-electron chi connectivity index (χ2n) is 2.35. The Kier molecular flexibility index (Phi) is 2.33. The lowest BCUT2D eigenvalue weighted by Gasteiger charge is -1.95. The van der Waals surface area contributed by atoms with Crippen LogP contribution in [0.5, 0.6) is 0 Å². The highest BCUT2D eigenvalue weighted by atomic mass is 16.1. The molecule has 0 atom stereocenters. The molecule has 0 unspecified atom stereocenters. The van der Waals surface area contributed by atoms with E-state index in [2.05, 4.69) is 4.98 Å². The van der Waals surface area contributed by atoms with E-state index in [0.29, 0.717) is 5.69 Å². The monoisotopic (exact) mass is 150 g/mol. The Morgan fingerprint density at radius 1 is 1.64 bits per heavy atom. The molecule has 0 aliphatic carbocycles. The van der Waals surface area contributed by atoms with Crippen molar-refractivity contribution in [2.24, 2.45) is 5.73 Å². The van der Waals surface area contributed by atoms with Crippen molar-refractivity contribution >= 4 is 5.78 Å². The maximum absolute atomic E-state index is 10.9. The highest BCUT2D eigenvalue weighted by Gasteiger charge is 2.02. The first-order valence-electron chi connectivity index (χ1n) is 3.40. The summed E-state index contributed by atoms with van der Waals surface area (Å²) < 4.78 is 0. The lowest BCUT2D eigenvalue weighted by atomic mass is 10.2. The first-order valence-corrected chi connectivity index (χ1v) is 3.40. The molecule has 1 aromatic rings. The Bertz CT molecular complexity index is 253. The Morgan fingerprint density at radius 3 is 2.82 bits per heavy atom. The van der Waals surface area contributed by atoms with Crippen molar-refractivity contribution in [2.45, 2.75) is 6.92 Å². The molecule has 0 fully saturated rings. The van der Waals surface area contributed by atoms with Gasteiger partial charge in [0, 0.05) is 6.20 Å². The first-order chi connectivity index (χ1) is 5.24. The highest BCUT2D eigenvalue weighted by Crippen LogP contribution is 1.98. The van der Waals surface area contributed by atoms with E-state index in [1.165, 1.54) is 0 Å². The van der Waals surface area contributed by atoms with Gasteiger partial charge in [-0.15, -0.1) is 0 Å². The number of hydrogen-bond acceptors (Lipinski definition) is 3. The van der Waals surface area contributed by atoms with Gasteiger partial charge in [0.05, 0.1) is 6.54 Å². The largest absolute Gasteiger partial charge is 0.324 e. The van der Waals surface area contributed by atoms with Crippen LogP contribution in [0.3, 0.4) is 0 Å². The number of carbonyl (C=O) groups is 1. The standard InChI is InChI=1S/C8H10N2O/c1-6-2-3-7(10-5-6)8(11)4-9/h2-3,5H,4,9H2,1H3. The van der Waals surface area contributed by atoms with E-state index >= 15 is 0 Å². The number of aryl methyl sites for hydroxylation is 1. The number of Topliss-reactive ketones (excluding diaryl/α,β-unsaturated/α-hetero) is 1. The summed E-state index contributed by atoms with van der Waals surface area (Å²) in [6, 6.07) is 3.53. The molecule has 0 aliphatic heterocycles. The third-order valence-electron chi connectivity index (χ3n) is 1.38. The predicted molar refractivity (Wildman–Crippen MR) is 42.4 cm³/mol. The lowest BCUT2D eigenvalue weighted by Crippen LogP contribution is -2.14. The number of nitrogens with two attached hydrogens (primary N) is 1. The summed E-state index contributed by atoms with van der Waals surface area (Å²) in [4.78, 5) is 14.9. The van der Waals surface area contributed by atoms with Crippen LogP contribution in [0.1, 0.15) is 16.1 Å². The van der Waals surface area contributed by atoms with Crippen molar-refractivity contribution in [3.05, 3.63) is 29.6 Å². The highest BCUT2D eigenvalue weighted by molar-refractivity contribution is 5.95. The number of rotatable bonds is 2. The Balaban J connectivity index is 2.90. The molecule has 0 aromatic carbocycles. The maximum Gasteiger partial charge on any atom is 0.194 e. The Labute approximate surface area is 65.2 Å². The smallest absolute Gasteiger partial charge is 0.194 e. The summed E-state index contributed by atoms with van der Waals surface area (Å²) in [5.41, 5.74) is 6.64. The minimum Gasteiger partial charge on any atom is -0.324 e. The average Bonchev–Trinajstić information content (AvgIpc) is 2.05. The van der Waals surface area contributed by atoms with E-state index in [9.17, 15) is 4.79 Å². The molecule has 2 N–H and O–H groups in total. The van der Waals surface area contributed by atoms with Crippen LogP contribution in [0.4, 0.5) is 0 Å². The van der Waals surface area contributed by atoms with Crippen LogP contribution in [-0.2, 0) is 0 Å². The minimum absolute atomic E-state index is 0.0239. The number of carbonyl (C=O) groups excluding carboxylic acids is 1. The second kappa shape index (κ2) is 3.25. The normalized spacial score (nSPS) is 9.64. The number of ketones is 1. The lowest BCUT2D eigenvalue weighted by molar-refractivity contribution is 0.0996. The fourth-order valence-electron chi connectivity index (χ4n) is 0.737. The molecule has 3 heteroatoms. The van der Waals surface area contributed by atoms with Gasteiger partial charge in [-0.05, 0) is 18.6 Å². The van der Waals surface area contributed by atoms with Crippen LogP contribution in [-0.4, -0.2) is 17.3 Å². The topological polar surface area (TPSA) is 56.0 Å². The zero-order valence-corrected chi connectivity index (χ0v) is 6.37. The van der Waals surface area contributed by atoms with Gasteiger partial charge in [0.2, 0.25) is 0 Å². The molecule has 0 amide bonds. The molecule has 0 bridgehead atoms. The van der Waals surface area contributed by atoms with Crippen LogP contribution >= 0.6 is 0 Å². The van der Waals surface area contributed by atoms with E-state index in [4.69, 9.17) is 5.73 Å². The molecule has 1 rings (SSSR count). The van der Waals surface area contributed by atoms with Gasteiger partial charge in [0.15, 0.2) is 5.78 Å². The van der Waals surface area contributed by atoms with Crippen molar-refractivity contribution in [1.82, 2.24) is 4.98 Å². The summed E-state index contributed by atoms with van der Waals surface area (Å²) in [5, 5.41) is 0. The third kappa shape index (κ3) is 1.85. The molecule has 1 aromatic heterocycles. The van der Waals surface area contributed by atoms with Gasteiger partial charge in [0.25, 0.3) is 0 Å². The minimum atomic E-state index is -0.120. The van der Waals surface area contributed by atoms with Crippen LogP contribution in [0.2, 0.25) is 0 Å². The fourth-order valence-corrected chi connectivity index (χ4v) is 0.737. The van der Waals surface area contributed by atoms with Crippen LogP contribution < -0.4 is 5.73 Å². The fraction of sp³-hybridized carbons (Fsp3) is 0.250. The van der Waals surface area contributed by atoms with Gasteiger partial charge in [0.1, 0.15) is 5.69 Å². The van der Waals surface area contributed by atoms with Crippen LogP contribution in [0.15, 0.2) is 18.3 Å². The van der Waals surface area contributed by atoms with Crippen molar-refractivity contribution < 1.29 is 4.79 Å². The van der Waals surface area contributed by atoms with Gasteiger partial charge in [-0.2, -0.15) is 0 Å². The number of pyridine rings is 1. The predicted octanol–water partition coefficient (Wildman–Crippen LogP) is 0.531. The van der Waals surface area contributed by atoms with Gasteiger partial charge >= 0.3 is 0 Å². The molecule has 3 nitrogen and oxygen atoms in total. The van der Waals surface area contributed by atoms with E-state index in [1.807, 2.05) is 13.0 Å². The molecule has 0 spiro atoms. The Morgan fingerprint density at radius 2 is 2.36 bits per heavy atom. The summed E-state index contributed by atoms with van der Waals surface area (Å²) in [7, 11) is 0. The molecular weight excluding hydrogens is 140 g/mol. The van der Waals surface area contributed by atoms with Gasteiger partial charge in [-0.25, -0.2) is 0 Å². The summed E-state index contributed by atoms with van der Waals surface area (Å²) >= 11 is 0. The van der Waals surface area contributed by atoms with E-state index in [0.717, 1.165) is 5.56 Å². The van der Waals surface area contributed by atoms with E-state index in [1.54, 1.807) is 12.3 Å². The van der Waals surface area contributed by atoms with Gasteiger partial charge in [-0.3, -0.25) is 9.78 Å². The Hall–Kier alpha value is -1.22. The second-order valence-corrected chi connectivity index (χ2v) is 2.35. The van der Waals surface area contributed by atoms with E-state index in [-0.39, 0.29) is 12.3 Å². The summed E-state index contributed by atoms with van der Waals surface area (Å²) in [6.07, 6.45) is 1.66. The molecule has 11 heavy (non-hydrogen) atoms. The molecule has 0 saturated heterocycles. The van der Waals surface area contributed by atoms with Gasteiger partial charge < -0.3 is 5.73 Å². The summed E-state index contributed by atoms with van der Waals surface area (Å²) in [5.74, 6) is -0.120. The van der Waals surface area contributed by atoms with Crippen molar-refractivity contribution in [2.75, 3.05) is 6.54 Å². The molecule has 0 radical (unpaired) electrons. The first kappa shape index (κ1) is 7.88. The average molecular weight is 150 g/mol.